The van der Waals surface area contributed by atoms with Gasteiger partial charge < -0.3 is 15.3 Å². The molecule has 4 nitrogen and oxygen atoms in total. The van der Waals surface area contributed by atoms with Crippen molar-refractivity contribution in [1.82, 2.24) is 0 Å². The van der Waals surface area contributed by atoms with Gasteiger partial charge in [0.05, 0.1) is 12.2 Å². The SMILES string of the molecule is CC(C)[C@@H]1C[C@@H](O)[C@H]2[C@@]1(CO)CC[C@@]1(C)[C@H]3C(=CC[C@]21C)[C@@]1(C)C=CC(=O)C(C)(C)[C@H]1C[C@@H]3O. The predicted octanol–water partition coefficient (Wildman–Crippen LogP) is 4.92. The molecule has 0 unspecified atom stereocenters. The quantitative estimate of drug-likeness (QED) is 0.501. The van der Waals surface area contributed by atoms with Crippen molar-refractivity contribution in [3.8, 4) is 0 Å². The number of carbonyl (C=O) groups excluding carboxylic acids is 1. The normalized spacial score (nSPS) is 53.6. The number of carbonyl (C=O) groups is 1. The molecule has 4 heteroatoms. The summed E-state index contributed by atoms with van der Waals surface area (Å²) in [6.07, 6.45) is 9.44. The number of hydrogen-bond donors (Lipinski definition) is 3. The summed E-state index contributed by atoms with van der Waals surface area (Å²) < 4.78 is 0. The molecule has 0 aliphatic heterocycles. The Hall–Kier alpha value is -0.970. The fraction of sp³-hybridized carbons (Fsp3) is 0.833. The summed E-state index contributed by atoms with van der Waals surface area (Å²) in [5.41, 5.74) is -0.0795. The van der Waals surface area contributed by atoms with Gasteiger partial charge in [-0.1, -0.05) is 66.2 Å². The summed E-state index contributed by atoms with van der Waals surface area (Å²) in [7, 11) is 0. The van der Waals surface area contributed by atoms with E-state index in [2.05, 4.69) is 46.8 Å². The van der Waals surface area contributed by atoms with Crippen molar-refractivity contribution in [2.45, 2.75) is 92.8 Å². The van der Waals surface area contributed by atoms with Crippen molar-refractivity contribution < 1.29 is 20.1 Å². The summed E-state index contributed by atoms with van der Waals surface area (Å²) in [5, 5.41) is 34.1. The molecule has 0 aromatic carbocycles. The van der Waals surface area contributed by atoms with Crippen LogP contribution in [0.15, 0.2) is 23.8 Å². The van der Waals surface area contributed by atoms with Crippen molar-refractivity contribution in [3.63, 3.8) is 0 Å². The van der Waals surface area contributed by atoms with E-state index >= 15 is 0 Å². The van der Waals surface area contributed by atoms with Crippen LogP contribution in [-0.4, -0.2) is 39.9 Å². The maximum Gasteiger partial charge on any atom is 0.161 e. The standard InChI is InChI=1S/C30H46O4/c1-17(2)19-14-21(33)25-29(7)11-8-18-24(28(29,6)12-13-30(19,25)16-31)20(32)15-22-26(3,4)23(34)9-10-27(18,22)5/h8-10,17,19-22,24-25,31-33H,11-16H2,1-7H3/t19-,20-,21+,22+,24-,25+,27+,28-,29+,30+/m0/s1. The van der Waals surface area contributed by atoms with Crippen LogP contribution in [0.5, 0.6) is 0 Å². The fourth-order valence-electron chi connectivity index (χ4n) is 10.6. The Morgan fingerprint density at radius 1 is 1.00 bits per heavy atom. The van der Waals surface area contributed by atoms with E-state index in [-0.39, 0.29) is 51.8 Å². The van der Waals surface area contributed by atoms with Crippen LogP contribution >= 0.6 is 0 Å². The van der Waals surface area contributed by atoms with Crippen LogP contribution in [0.4, 0.5) is 0 Å². The molecule has 3 fully saturated rings. The van der Waals surface area contributed by atoms with Crippen molar-refractivity contribution in [1.29, 1.82) is 0 Å². The van der Waals surface area contributed by atoms with Gasteiger partial charge in [-0.05, 0) is 72.7 Å². The zero-order valence-electron chi connectivity index (χ0n) is 22.3. The highest BCUT2D eigenvalue weighted by molar-refractivity contribution is 5.96. The van der Waals surface area contributed by atoms with Gasteiger partial charge >= 0.3 is 0 Å². The Bertz CT molecular complexity index is 947. The van der Waals surface area contributed by atoms with Gasteiger partial charge in [-0.15, -0.1) is 0 Å². The molecule has 0 bridgehead atoms. The second kappa shape index (κ2) is 7.29. The van der Waals surface area contributed by atoms with Crippen LogP contribution in [0, 0.1) is 56.7 Å². The molecule has 3 saturated carbocycles. The Morgan fingerprint density at radius 3 is 2.29 bits per heavy atom. The zero-order valence-corrected chi connectivity index (χ0v) is 22.3. The van der Waals surface area contributed by atoms with Crippen LogP contribution in [0.2, 0.25) is 0 Å². The molecule has 34 heavy (non-hydrogen) atoms. The number of rotatable bonds is 2. The molecule has 10 atom stereocenters. The summed E-state index contributed by atoms with van der Waals surface area (Å²) >= 11 is 0. The molecule has 0 aromatic rings. The van der Waals surface area contributed by atoms with Gasteiger partial charge in [0.2, 0.25) is 0 Å². The van der Waals surface area contributed by atoms with Crippen molar-refractivity contribution in [2.24, 2.45) is 56.7 Å². The third-order valence-electron chi connectivity index (χ3n) is 12.5. The Labute approximate surface area is 205 Å². The molecule has 5 aliphatic rings. The number of aliphatic hydroxyl groups is 3. The van der Waals surface area contributed by atoms with Crippen LogP contribution < -0.4 is 0 Å². The van der Waals surface area contributed by atoms with Crippen molar-refractivity contribution in [2.75, 3.05) is 6.61 Å². The lowest BCUT2D eigenvalue weighted by atomic mass is 9.35. The van der Waals surface area contributed by atoms with Gasteiger partial charge in [-0.25, -0.2) is 0 Å². The molecule has 0 saturated heterocycles. The predicted molar refractivity (Wildman–Crippen MR) is 134 cm³/mol. The van der Waals surface area contributed by atoms with E-state index in [1.54, 1.807) is 6.08 Å². The van der Waals surface area contributed by atoms with E-state index in [4.69, 9.17) is 0 Å². The summed E-state index contributed by atoms with van der Waals surface area (Å²) in [4.78, 5) is 12.8. The molecule has 0 radical (unpaired) electrons. The van der Waals surface area contributed by atoms with Crippen LogP contribution in [0.1, 0.15) is 80.6 Å². The first-order chi connectivity index (χ1) is 15.7. The van der Waals surface area contributed by atoms with E-state index < -0.39 is 17.6 Å². The average Bonchev–Trinajstić information content (AvgIpc) is 3.08. The number of fused-ring (bicyclic) bond motifs is 7. The lowest BCUT2D eigenvalue weighted by molar-refractivity contribution is -0.203. The third-order valence-corrected chi connectivity index (χ3v) is 12.5. The third kappa shape index (κ3) is 2.69. The highest BCUT2D eigenvalue weighted by Crippen LogP contribution is 2.75. The molecule has 190 valence electrons. The van der Waals surface area contributed by atoms with Crippen molar-refractivity contribution >= 4 is 5.78 Å². The lowest BCUT2D eigenvalue weighted by Crippen LogP contribution is -2.66. The van der Waals surface area contributed by atoms with E-state index in [0.29, 0.717) is 18.3 Å². The zero-order chi connectivity index (χ0) is 25.1. The smallest absolute Gasteiger partial charge is 0.161 e. The maximum atomic E-state index is 12.8. The number of ketones is 1. The molecule has 5 rings (SSSR count). The first-order valence-electron chi connectivity index (χ1n) is 13.6. The number of hydrogen-bond acceptors (Lipinski definition) is 4. The first-order valence-corrected chi connectivity index (χ1v) is 13.6. The summed E-state index contributed by atoms with van der Waals surface area (Å²) in [5.74, 6) is 0.990. The highest BCUT2D eigenvalue weighted by atomic mass is 16.3. The van der Waals surface area contributed by atoms with E-state index in [1.165, 1.54) is 5.57 Å². The van der Waals surface area contributed by atoms with Gasteiger partial charge in [0.1, 0.15) is 0 Å². The Kier molecular flexibility index (Phi) is 5.30. The average molecular weight is 471 g/mol. The largest absolute Gasteiger partial charge is 0.396 e. The second-order valence-corrected chi connectivity index (χ2v) is 14.3. The fourth-order valence-corrected chi connectivity index (χ4v) is 10.6. The molecule has 0 spiro atoms. The lowest BCUT2D eigenvalue weighted by Gasteiger charge is -2.69. The van der Waals surface area contributed by atoms with E-state index in [1.807, 2.05) is 13.8 Å². The van der Waals surface area contributed by atoms with Crippen LogP contribution in [0.25, 0.3) is 0 Å². The van der Waals surface area contributed by atoms with Gasteiger partial charge in [0.25, 0.3) is 0 Å². The molecule has 0 aromatic heterocycles. The van der Waals surface area contributed by atoms with Crippen LogP contribution in [-0.2, 0) is 4.79 Å². The minimum absolute atomic E-state index is 0.00291. The molecule has 0 heterocycles. The molecular weight excluding hydrogens is 424 g/mol. The van der Waals surface area contributed by atoms with E-state index in [0.717, 1.165) is 25.7 Å². The van der Waals surface area contributed by atoms with Crippen LogP contribution in [0.3, 0.4) is 0 Å². The maximum absolute atomic E-state index is 12.8. The first kappa shape index (κ1) is 24.7. The Balaban J connectivity index is 1.65. The summed E-state index contributed by atoms with van der Waals surface area (Å²) in [6.45, 7) is 15.7. The molecule has 5 aliphatic carbocycles. The van der Waals surface area contributed by atoms with Gasteiger partial charge in [0, 0.05) is 28.8 Å². The minimum atomic E-state index is -0.506. The second-order valence-electron chi connectivity index (χ2n) is 14.3. The van der Waals surface area contributed by atoms with Gasteiger partial charge in [-0.2, -0.15) is 0 Å². The summed E-state index contributed by atoms with van der Waals surface area (Å²) in [6, 6.07) is 0. The monoisotopic (exact) mass is 470 g/mol. The molecular formula is C30H46O4. The number of allylic oxidation sites excluding steroid dienone is 3. The number of aliphatic hydroxyl groups excluding tert-OH is 3. The van der Waals surface area contributed by atoms with Gasteiger partial charge in [0.15, 0.2) is 5.78 Å². The highest BCUT2D eigenvalue weighted by Gasteiger charge is 2.72. The Morgan fingerprint density at radius 2 is 1.68 bits per heavy atom. The van der Waals surface area contributed by atoms with Gasteiger partial charge in [-0.3, -0.25) is 4.79 Å². The minimum Gasteiger partial charge on any atom is -0.396 e. The molecule has 0 amide bonds. The van der Waals surface area contributed by atoms with E-state index in [9.17, 15) is 20.1 Å². The molecule has 3 N–H and O–H groups in total. The topological polar surface area (TPSA) is 77.8 Å². The van der Waals surface area contributed by atoms with Crippen molar-refractivity contribution in [3.05, 3.63) is 23.8 Å².